The highest BCUT2D eigenvalue weighted by molar-refractivity contribution is 6.39. The van der Waals surface area contributed by atoms with Gasteiger partial charge in [-0.25, -0.2) is 14.8 Å². The fourth-order valence-electron chi connectivity index (χ4n) is 3.65. The van der Waals surface area contributed by atoms with E-state index in [0.29, 0.717) is 12.5 Å². The number of nitrogens with one attached hydrogen (secondary N) is 1. The van der Waals surface area contributed by atoms with Crippen molar-refractivity contribution in [2.45, 2.75) is 19.0 Å². The summed E-state index contributed by atoms with van der Waals surface area (Å²) < 4.78 is 0. The molecule has 0 saturated carbocycles. The lowest BCUT2D eigenvalue weighted by atomic mass is 10.1. The maximum absolute atomic E-state index is 12.6. The van der Waals surface area contributed by atoms with Crippen molar-refractivity contribution in [3.05, 3.63) is 118 Å². The Kier molecular flexibility index (Phi) is 9.02. The number of halogens is 2. The standard InChI is InChI=1S/C28H23Cl2N5O3/c29-22-7-2-8-23(30)25(22)26(36)34-24(27(37)38)9-1-5-19-10-12-21(13-11-19)35(28-32-15-4-16-33-28)18-20-6-3-14-31-17-20/h1-8,10-17,24H,9,18H2,(H,34,36)(H,37,38). The molecule has 8 nitrogen and oxygen atoms in total. The molecular formula is C28H23Cl2N5O3. The Morgan fingerprint density at radius 3 is 2.29 bits per heavy atom. The summed E-state index contributed by atoms with van der Waals surface area (Å²) in [6.07, 6.45) is 10.4. The lowest BCUT2D eigenvalue weighted by Crippen LogP contribution is -2.40. The van der Waals surface area contributed by atoms with Gasteiger partial charge in [-0.05, 0) is 53.9 Å². The molecule has 0 saturated heterocycles. The van der Waals surface area contributed by atoms with Gasteiger partial charge in [0.25, 0.3) is 5.91 Å². The van der Waals surface area contributed by atoms with Gasteiger partial charge in [0.05, 0.1) is 22.2 Å². The number of carboxylic acids is 1. The van der Waals surface area contributed by atoms with Crippen molar-refractivity contribution < 1.29 is 14.7 Å². The Labute approximate surface area is 229 Å². The predicted molar refractivity (Wildman–Crippen MR) is 148 cm³/mol. The Balaban J connectivity index is 1.45. The van der Waals surface area contributed by atoms with Crippen molar-refractivity contribution in [2.75, 3.05) is 4.90 Å². The summed E-state index contributed by atoms with van der Waals surface area (Å²) in [6.45, 7) is 0.530. The summed E-state index contributed by atoms with van der Waals surface area (Å²) in [7, 11) is 0. The summed E-state index contributed by atoms with van der Waals surface area (Å²) in [5.74, 6) is -1.27. The van der Waals surface area contributed by atoms with Gasteiger partial charge in [-0.3, -0.25) is 9.78 Å². The van der Waals surface area contributed by atoms with Gasteiger partial charge in [-0.15, -0.1) is 0 Å². The molecule has 38 heavy (non-hydrogen) atoms. The number of carbonyl (C=O) groups excluding carboxylic acids is 1. The third kappa shape index (κ3) is 6.94. The van der Waals surface area contributed by atoms with Crippen LogP contribution in [0.5, 0.6) is 0 Å². The van der Waals surface area contributed by atoms with Gasteiger partial charge in [0, 0.05) is 30.5 Å². The van der Waals surface area contributed by atoms with Crippen LogP contribution in [0.3, 0.4) is 0 Å². The highest BCUT2D eigenvalue weighted by atomic mass is 35.5. The van der Waals surface area contributed by atoms with Crippen LogP contribution in [0.4, 0.5) is 11.6 Å². The summed E-state index contributed by atoms with van der Waals surface area (Å²) in [5, 5.41) is 12.4. The molecule has 0 spiro atoms. The number of carbonyl (C=O) groups is 2. The molecule has 2 N–H and O–H groups in total. The molecule has 2 aromatic heterocycles. The Bertz CT molecular complexity index is 1400. The zero-order valence-corrected chi connectivity index (χ0v) is 21.5. The summed E-state index contributed by atoms with van der Waals surface area (Å²) in [4.78, 5) is 39.3. The van der Waals surface area contributed by atoms with Crippen LogP contribution < -0.4 is 10.2 Å². The second-order valence-corrected chi connectivity index (χ2v) is 9.00. The first-order valence-corrected chi connectivity index (χ1v) is 12.4. The average molecular weight is 548 g/mol. The van der Waals surface area contributed by atoms with E-state index in [1.54, 1.807) is 49.1 Å². The molecule has 2 heterocycles. The number of pyridine rings is 1. The predicted octanol–water partition coefficient (Wildman–Crippen LogP) is 5.80. The molecule has 4 aromatic rings. The molecule has 1 atom stereocenters. The number of benzene rings is 2. The monoisotopic (exact) mass is 547 g/mol. The zero-order chi connectivity index (χ0) is 26.9. The largest absolute Gasteiger partial charge is 0.480 e. The first kappa shape index (κ1) is 26.8. The smallest absolute Gasteiger partial charge is 0.326 e. The van der Waals surface area contributed by atoms with Gasteiger partial charge in [0.1, 0.15) is 6.04 Å². The number of aromatic nitrogens is 3. The topological polar surface area (TPSA) is 108 Å². The second kappa shape index (κ2) is 12.8. The van der Waals surface area contributed by atoms with Crippen LogP contribution in [-0.2, 0) is 11.3 Å². The van der Waals surface area contributed by atoms with Crippen LogP contribution in [0.1, 0.15) is 27.9 Å². The molecule has 2 aromatic carbocycles. The van der Waals surface area contributed by atoms with E-state index in [0.717, 1.165) is 16.8 Å². The van der Waals surface area contributed by atoms with E-state index in [1.807, 2.05) is 41.3 Å². The van der Waals surface area contributed by atoms with Crippen LogP contribution in [-0.4, -0.2) is 38.0 Å². The van der Waals surface area contributed by atoms with Crippen molar-refractivity contribution in [3.63, 3.8) is 0 Å². The minimum absolute atomic E-state index is 0.0416. The first-order valence-electron chi connectivity index (χ1n) is 11.6. The first-order chi connectivity index (χ1) is 18.4. The van der Waals surface area contributed by atoms with Crippen molar-refractivity contribution in [1.29, 1.82) is 0 Å². The van der Waals surface area contributed by atoms with E-state index in [-0.39, 0.29) is 22.0 Å². The maximum atomic E-state index is 12.6. The molecule has 4 rings (SSSR count). The normalized spacial score (nSPS) is 11.7. The summed E-state index contributed by atoms with van der Waals surface area (Å²) >= 11 is 12.1. The molecular weight excluding hydrogens is 525 g/mol. The molecule has 0 aliphatic heterocycles. The van der Waals surface area contributed by atoms with Crippen molar-refractivity contribution >= 4 is 52.8 Å². The van der Waals surface area contributed by atoms with E-state index < -0.39 is 17.9 Å². The number of aliphatic carboxylic acids is 1. The summed E-state index contributed by atoms with van der Waals surface area (Å²) in [6, 6.07) is 16.8. The Morgan fingerprint density at radius 2 is 1.66 bits per heavy atom. The SMILES string of the molecule is O=C(NC(CC=Cc1ccc(N(Cc2cccnc2)c2ncccn2)cc1)C(=O)O)c1c(Cl)cccc1Cl. The van der Waals surface area contributed by atoms with Gasteiger partial charge in [-0.2, -0.15) is 0 Å². The molecule has 1 unspecified atom stereocenters. The molecule has 10 heteroatoms. The van der Waals surface area contributed by atoms with E-state index in [1.165, 1.54) is 12.1 Å². The van der Waals surface area contributed by atoms with Gasteiger partial charge in [0.15, 0.2) is 0 Å². The fraction of sp³-hybridized carbons (Fsp3) is 0.107. The van der Waals surface area contributed by atoms with Gasteiger partial charge in [-0.1, -0.05) is 59.6 Å². The number of nitrogens with zero attached hydrogens (tertiary/aromatic N) is 4. The lowest BCUT2D eigenvalue weighted by molar-refractivity contribution is -0.139. The molecule has 192 valence electrons. The molecule has 0 aliphatic carbocycles. The van der Waals surface area contributed by atoms with Gasteiger partial charge in [0.2, 0.25) is 5.95 Å². The van der Waals surface area contributed by atoms with E-state index in [2.05, 4.69) is 20.3 Å². The van der Waals surface area contributed by atoms with Gasteiger partial charge < -0.3 is 15.3 Å². The molecule has 0 radical (unpaired) electrons. The van der Waals surface area contributed by atoms with Crippen molar-refractivity contribution in [2.24, 2.45) is 0 Å². The van der Waals surface area contributed by atoms with Crippen LogP contribution in [0.2, 0.25) is 10.0 Å². The number of hydrogen-bond acceptors (Lipinski definition) is 6. The maximum Gasteiger partial charge on any atom is 0.326 e. The Hall–Kier alpha value is -4.27. The quantitative estimate of drug-likeness (QED) is 0.258. The lowest BCUT2D eigenvalue weighted by Gasteiger charge is -2.22. The molecule has 0 fully saturated rings. The number of anilines is 2. The average Bonchev–Trinajstić information content (AvgIpc) is 2.92. The second-order valence-electron chi connectivity index (χ2n) is 8.19. The Morgan fingerprint density at radius 1 is 0.947 bits per heavy atom. The molecule has 0 bridgehead atoms. The minimum atomic E-state index is -1.17. The number of amides is 1. The van der Waals surface area contributed by atoms with Crippen LogP contribution in [0, 0.1) is 0 Å². The zero-order valence-electron chi connectivity index (χ0n) is 20.0. The minimum Gasteiger partial charge on any atom is -0.480 e. The third-order valence-electron chi connectivity index (χ3n) is 5.54. The number of rotatable bonds is 10. The highest BCUT2D eigenvalue weighted by Crippen LogP contribution is 2.26. The van der Waals surface area contributed by atoms with Crippen molar-refractivity contribution in [3.8, 4) is 0 Å². The van der Waals surface area contributed by atoms with E-state index in [9.17, 15) is 14.7 Å². The van der Waals surface area contributed by atoms with Crippen LogP contribution in [0.25, 0.3) is 6.08 Å². The number of hydrogen-bond donors (Lipinski definition) is 2. The van der Waals surface area contributed by atoms with Crippen molar-refractivity contribution in [1.82, 2.24) is 20.3 Å². The highest BCUT2D eigenvalue weighted by Gasteiger charge is 2.22. The third-order valence-corrected chi connectivity index (χ3v) is 6.17. The fourth-order valence-corrected chi connectivity index (χ4v) is 4.22. The van der Waals surface area contributed by atoms with E-state index in [4.69, 9.17) is 23.2 Å². The molecule has 1 amide bonds. The molecule has 0 aliphatic rings. The van der Waals surface area contributed by atoms with Gasteiger partial charge >= 0.3 is 5.97 Å². The number of carboxylic acid groups (broad SMARTS) is 1. The van der Waals surface area contributed by atoms with Crippen LogP contribution >= 0.6 is 23.2 Å². The summed E-state index contributed by atoms with van der Waals surface area (Å²) in [5.41, 5.74) is 2.78. The van der Waals surface area contributed by atoms with Crippen LogP contribution in [0.15, 0.2) is 91.5 Å². The van der Waals surface area contributed by atoms with E-state index >= 15 is 0 Å².